The zero-order valence-electron chi connectivity index (χ0n) is 11.9. The Bertz CT molecular complexity index is 530. The number of carbonyl (C=O) groups is 1. The molecule has 1 rings (SSSR count). The average Bonchev–Trinajstić information content (AvgIpc) is 2.34. The minimum atomic E-state index is -1.28. The first-order chi connectivity index (χ1) is 8.75. The van der Waals surface area contributed by atoms with Crippen molar-refractivity contribution in [3.8, 4) is 0 Å². The quantitative estimate of drug-likeness (QED) is 0.632. The first-order valence-electron chi connectivity index (χ1n) is 5.90. The topological polar surface area (TPSA) is 55.7 Å². The van der Waals surface area contributed by atoms with E-state index >= 15 is 0 Å². The molecular weight excluding hydrogens is 262 g/mol. The van der Waals surface area contributed by atoms with Crippen LogP contribution in [0.4, 0.5) is 0 Å². The minimum absolute atomic E-state index is 0.362. The van der Waals surface area contributed by atoms with Crippen LogP contribution in [-0.4, -0.2) is 28.2 Å². The molecule has 0 saturated carbocycles. The number of hydrogen-bond donors (Lipinski definition) is 0. The van der Waals surface area contributed by atoms with Crippen LogP contribution in [0.15, 0.2) is 22.6 Å². The van der Waals surface area contributed by atoms with Gasteiger partial charge in [0.15, 0.2) is 0 Å². The second-order valence-electron chi connectivity index (χ2n) is 5.16. The van der Waals surface area contributed by atoms with E-state index in [0.717, 1.165) is 11.1 Å². The Kier molecular flexibility index (Phi) is 5.00. The maximum absolute atomic E-state index is 11.8. The van der Waals surface area contributed by atoms with Gasteiger partial charge < -0.3 is 4.74 Å². The highest BCUT2D eigenvalue weighted by atomic mass is 32.2. The van der Waals surface area contributed by atoms with Gasteiger partial charge in [0, 0.05) is 6.21 Å². The SMILES string of the molecule is COC(=O)c1ccc(C=NS(=O)C(C)(C)C)cc1C. The molecule has 0 amide bonds. The maximum Gasteiger partial charge on any atom is 0.338 e. The van der Waals surface area contributed by atoms with E-state index in [1.54, 1.807) is 18.3 Å². The normalized spacial score (nSPS) is 13.5. The number of rotatable bonds is 3. The Morgan fingerprint density at radius 3 is 2.47 bits per heavy atom. The van der Waals surface area contributed by atoms with Gasteiger partial charge >= 0.3 is 5.97 Å². The van der Waals surface area contributed by atoms with E-state index in [2.05, 4.69) is 9.13 Å². The fourth-order valence-corrected chi connectivity index (χ4v) is 1.91. The van der Waals surface area contributed by atoms with Gasteiger partial charge in [0.1, 0.15) is 11.0 Å². The summed E-state index contributed by atoms with van der Waals surface area (Å²) in [5.41, 5.74) is 2.14. The number of carbonyl (C=O) groups excluding carboxylic acids is 1. The molecule has 0 radical (unpaired) electrons. The second-order valence-corrected chi connectivity index (χ2v) is 7.10. The third-order valence-electron chi connectivity index (χ3n) is 2.48. The highest BCUT2D eigenvalue weighted by Gasteiger charge is 2.18. The third kappa shape index (κ3) is 4.28. The molecule has 0 N–H and O–H groups in total. The number of methoxy groups -OCH3 is 1. The minimum Gasteiger partial charge on any atom is -0.465 e. The molecule has 1 atom stereocenters. The molecule has 5 heteroatoms. The number of ether oxygens (including phenoxy) is 1. The Morgan fingerprint density at radius 2 is 2.00 bits per heavy atom. The molecular formula is C14H19NO3S. The van der Waals surface area contributed by atoms with Crippen molar-refractivity contribution in [1.29, 1.82) is 0 Å². The largest absolute Gasteiger partial charge is 0.465 e. The molecule has 104 valence electrons. The summed E-state index contributed by atoms with van der Waals surface area (Å²) in [6.45, 7) is 7.43. The monoisotopic (exact) mass is 281 g/mol. The van der Waals surface area contributed by atoms with Crippen LogP contribution in [0.25, 0.3) is 0 Å². The van der Waals surface area contributed by atoms with Gasteiger partial charge in [-0.2, -0.15) is 4.40 Å². The van der Waals surface area contributed by atoms with Crippen molar-refractivity contribution in [2.24, 2.45) is 4.40 Å². The summed E-state index contributed by atoms with van der Waals surface area (Å²) < 4.78 is 20.1. The van der Waals surface area contributed by atoms with Gasteiger partial charge in [-0.15, -0.1) is 0 Å². The molecule has 0 bridgehead atoms. The van der Waals surface area contributed by atoms with E-state index in [0.29, 0.717) is 5.56 Å². The van der Waals surface area contributed by atoms with Gasteiger partial charge in [-0.05, 0) is 51.0 Å². The molecule has 0 aliphatic heterocycles. The zero-order valence-corrected chi connectivity index (χ0v) is 12.7. The molecule has 0 fully saturated rings. The summed E-state index contributed by atoms with van der Waals surface area (Å²) in [5.74, 6) is -0.362. The summed E-state index contributed by atoms with van der Waals surface area (Å²) in [6, 6.07) is 5.25. The second kappa shape index (κ2) is 6.10. The number of aryl methyl sites for hydroxylation is 1. The highest BCUT2D eigenvalue weighted by Crippen LogP contribution is 2.14. The van der Waals surface area contributed by atoms with Crippen molar-refractivity contribution in [3.63, 3.8) is 0 Å². The average molecular weight is 281 g/mol. The molecule has 1 aromatic carbocycles. The van der Waals surface area contributed by atoms with E-state index in [1.165, 1.54) is 7.11 Å². The molecule has 0 saturated heterocycles. The number of benzene rings is 1. The predicted octanol–water partition coefficient (Wildman–Crippen LogP) is 2.66. The van der Waals surface area contributed by atoms with Gasteiger partial charge in [-0.25, -0.2) is 9.00 Å². The predicted molar refractivity (Wildman–Crippen MR) is 78.0 cm³/mol. The molecule has 4 nitrogen and oxygen atoms in total. The van der Waals surface area contributed by atoms with E-state index in [1.807, 2.05) is 33.8 Å². The van der Waals surface area contributed by atoms with E-state index in [-0.39, 0.29) is 10.7 Å². The smallest absolute Gasteiger partial charge is 0.338 e. The van der Waals surface area contributed by atoms with Gasteiger partial charge in [-0.3, -0.25) is 0 Å². The maximum atomic E-state index is 11.8. The Morgan fingerprint density at radius 1 is 1.37 bits per heavy atom. The van der Waals surface area contributed by atoms with Crippen molar-refractivity contribution in [1.82, 2.24) is 0 Å². The molecule has 0 spiro atoms. The van der Waals surface area contributed by atoms with Crippen LogP contribution in [-0.2, 0) is 15.7 Å². The van der Waals surface area contributed by atoms with Crippen LogP contribution >= 0.6 is 0 Å². The van der Waals surface area contributed by atoms with Crippen LogP contribution < -0.4 is 0 Å². The fraction of sp³-hybridized carbons (Fsp3) is 0.429. The van der Waals surface area contributed by atoms with Crippen LogP contribution in [0.2, 0.25) is 0 Å². The molecule has 19 heavy (non-hydrogen) atoms. The zero-order chi connectivity index (χ0) is 14.6. The molecule has 1 unspecified atom stereocenters. The van der Waals surface area contributed by atoms with Gasteiger partial charge in [0.25, 0.3) is 0 Å². The van der Waals surface area contributed by atoms with Crippen molar-refractivity contribution in [2.75, 3.05) is 7.11 Å². The Labute approximate surface area is 116 Å². The van der Waals surface area contributed by atoms with Crippen molar-refractivity contribution < 1.29 is 13.7 Å². The van der Waals surface area contributed by atoms with E-state index in [9.17, 15) is 9.00 Å². The van der Waals surface area contributed by atoms with Crippen LogP contribution in [0.5, 0.6) is 0 Å². The van der Waals surface area contributed by atoms with Crippen LogP contribution in [0.3, 0.4) is 0 Å². The lowest BCUT2D eigenvalue weighted by molar-refractivity contribution is 0.0600. The summed E-state index contributed by atoms with van der Waals surface area (Å²) in [6.07, 6.45) is 1.56. The lowest BCUT2D eigenvalue weighted by Gasteiger charge is -2.12. The Balaban J connectivity index is 2.94. The number of esters is 1. The molecule has 0 heterocycles. The standard InChI is InChI=1S/C14H19NO3S/c1-10-8-11(6-7-12(10)13(16)18-5)9-15-19(17)14(2,3)4/h6-9H,1-5H3. The van der Waals surface area contributed by atoms with E-state index in [4.69, 9.17) is 0 Å². The first kappa shape index (κ1) is 15.6. The molecule has 0 aliphatic carbocycles. The summed E-state index contributed by atoms with van der Waals surface area (Å²) in [4.78, 5) is 11.4. The number of hydrogen-bond acceptors (Lipinski definition) is 3. The van der Waals surface area contributed by atoms with Crippen LogP contribution in [0, 0.1) is 6.92 Å². The van der Waals surface area contributed by atoms with E-state index < -0.39 is 11.0 Å². The summed E-state index contributed by atoms with van der Waals surface area (Å²) in [5, 5.41) is 0. The van der Waals surface area contributed by atoms with Crippen molar-refractivity contribution >= 4 is 23.2 Å². The van der Waals surface area contributed by atoms with Gasteiger partial charge in [-0.1, -0.05) is 6.07 Å². The Hall–Kier alpha value is -1.49. The van der Waals surface area contributed by atoms with Crippen molar-refractivity contribution in [2.45, 2.75) is 32.4 Å². The lowest BCUT2D eigenvalue weighted by Crippen LogP contribution is -2.19. The fourth-order valence-electron chi connectivity index (χ4n) is 1.37. The molecule has 1 aromatic rings. The highest BCUT2D eigenvalue weighted by molar-refractivity contribution is 7.85. The van der Waals surface area contributed by atoms with Crippen molar-refractivity contribution in [3.05, 3.63) is 34.9 Å². The van der Waals surface area contributed by atoms with Gasteiger partial charge in [0.05, 0.1) is 17.4 Å². The molecule has 0 aliphatic rings. The summed E-state index contributed by atoms with van der Waals surface area (Å²) >= 11 is 0. The van der Waals surface area contributed by atoms with Gasteiger partial charge in [0.2, 0.25) is 0 Å². The molecule has 0 aromatic heterocycles. The lowest BCUT2D eigenvalue weighted by atomic mass is 10.1. The number of nitrogens with zero attached hydrogens (tertiary/aromatic N) is 1. The first-order valence-corrected chi connectivity index (χ1v) is 7.01. The summed E-state index contributed by atoms with van der Waals surface area (Å²) in [7, 11) is 0.0685. The third-order valence-corrected chi connectivity index (χ3v) is 3.82. The van der Waals surface area contributed by atoms with Crippen LogP contribution in [0.1, 0.15) is 42.3 Å².